The van der Waals surface area contributed by atoms with E-state index in [9.17, 15) is 39.0 Å². The van der Waals surface area contributed by atoms with Crippen LogP contribution in [0.2, 0.25) is 0 Å². The van der Waals surface area contributed by atoms with Crippen LogP contribution in [0.15, 0.2) is 0 Å². The Bertz CT molecular complexity index is 895. The van der Waals surface area contributed by atoms with E-state index in [1.54, 1.807) is 13.8 Å². The van der Waals surface area contributed by atoms with Crippen LogP contribution in [0.3, 0.4) is 0 Å². The molecule has 4 amide bonds. The highest BCUT2D eigenvalue weighted by atomic mass is 16.4. The van der Waals surface area contributed by atoms with E-state index in [0.29, 0.717) is 51.7 Å². The van der Waals surface area contributed by atoms with Crippen molar-refractivity contribution in [3.63, 3.8) is 0 Å². The van der Waals surface area contributed by atoms with Crippen molar-refractivity contribution in [2.24, 2.45) is 17.4 Å². The van der Waals surface area contributed by atoms with Crippen LogP contribution in [0, 0.1) is 5.92 Å². The number of hydrogen-bond acceptors (Lipinski definition) is 9. The van der Waals surface area contributed by atoms with E-state index in [0.717, 1.165) is 6.42 Å². The van der Waals surface area contributed by atoms with E-state index in [2.05, 4.69) is 26.6 Å². The first-order valence-electron chi connectivity index (χ1n) is 14.2. The molecule has 0 aromatic rings. The molecule has 234 valence electrons. The first kappa shape index (κ1) is 35.7. The molecule has 1 rings (SSSR count). The predicted molar refractivity (Wildman–Crippen MR) is 149 cm³/mol. The summed E-state index contributed by atoms with van der Waals surface area (Å²) in [7, 11) is 0. The van der Waals surface area contributed by atoms with Crippen LogP contribution in [-0.2, 0) is 28.8 Å². The van der Waals surface area contributed by atoms with Gasteiger partial charge in [-0.3, -0.25) is 24.0 Å². The third-order valence-electron chi connectivity index (χ3n) is 6.78. The van der Waals surface area contributed by atoms with Gasteiger partial charge in [-0.15, -0.1) is 0 Å². The lowest BCUT2D eigenvalue weighted by molar-refractivity contribution is -0.144. The number of rotatable bonds is 20. The number of carbonyl (C=O) groups is 6. The molecule has 0 spiro atoms. The van der Waals surface area contributed by atoms with Crippen molar-refractivity contribution in [3.05, 3.63) is 0 Å². The highest BCUT2D eigenvalue weighted by Crippen LogP contribution is 2.10. The molecule has 0 radical (unpaired) electrons. The van der Waals surface area contributed by atoms with Gasteiger partial charge in [0.1, 0.15) is 24.2 Å². The fourth-order valence-corrected chi connectivity index (χ4v) is 4.40. The van der Waals surface area contributed by atoms with E-state index in [4.69, 9.17) is 11.5 Å². The first-order valence-corrected chi connectivity index (χ1v) is 14.2. The quantitative estimate of drug-likeness (QED) is 0.0717. The van der Waals surface area contributed by atoms with Crippen LogP contribution < -0.4 is 38.1 Å². The van der Waals surface area contributed by atoms with Gasteiger partial charge in [0.15, 0.2) is 0 Å². The third-order valence-corrected chi connectivity index (χ3v) is 6.78. The molecule has 1 fully saturated rings. The Balaban J connectivity index is 3.08. The Morgan fingerprint density at radius 3 is 1.73 bits per heavy atom. The van der Waals surface area contributed by atoms with Gasteiger partial charge in [0.2, 0.25) is 23.6 Å². The van der Waals surface area contributed by atoms with Gasteiger partial charge in [-0.1, -0.05) is 13.8 Å². The third kappa shape index (κ3) is 13.3. The second kappa shape index (κ2) is 18.9. The number of carboxylic acids is 2. The van der Waals surface area contributed by atoms with Crippen molar-refractivity contribution in [2.45, 2.75) is 102 Å². The van der Waals surface area contributed by atoms with Gasteiger partial charge in [-0.25, -0.2) is 4.79 Å². The van der Waals surface area contributed by atoms with E-state index in [1.165, 1.54) is 0 Å². The molecule has 5 atom stereocenters. The number of nitrogens with two attached hydrogens (primary N) is 2. The van der Waals surface area contributed by atoms with Crippen molar-refractivity contribution in [1.82, 2.24) is 26.6 Å². The standard InChI is InChI=1S/C26H47N7O8/c1-15(2)21(26(40)41)33-25(39)19(14-20(34)35)32-24(38)18(9-4-6-12-28)31-23(37)17(8-3-5-11-27)30-22(36)16-10-7-13-29-16/h15-19,21,29H,3-14,27-28H2,1-2H3,(H,30,36)(H,31,37)(H,32,38)(H,33,39)(H,34,35)(H,40,41)/t16-,17-,18-,19-,21-/m0/s1. The fourth-order valence-electron chi connectivity index (χ4n) is 4.40. The molecule has 11 N–H and O–H groups in total. The Kier molecular flexibility index (Phi) is 16.5. The molecule has 15 nitrogen and oxygen atoms in total. The number of nitrogens with one attached hydrogen (secondary N) is 5. The fraction of sp³-hybridized carbons (Fsp3) is 0.769. The maximum absolute atomic E-state index is 13.3. The molecule has 0 aromatic carbocycles. The van der Waals surface area contributed by atoms with Gasteiger partial charge < -0.3 is 48.3 Å². The minimum Gasteiger partial charge on any atom is -0.481 e. The normalized spacial score (nSPS) is 17.6. The topological polar surface area (TPSA) is 255 Å². The van der Waals surface area contributed by atoms with Crippen molar-refractivity contribution < 1.29 is 39.0 Å². The predicted octanol–water partition coefficient (Wildman–Crippen LogP) is -1.85. The van der Waals surface area contributed by atoms with Gasteiger partial charge in [0, 0.05) is 0 Å². The SMILES string of the molecule is CC(C)[C@H](NC(=O)[C@H](CC(=O)O)NC(=O)[C@H](CCCCN)NC(=O)[C@H](CCCCN)NC(=O)[C@@H]1CCCN1)C(=O)O. The largest absolute Gasteiger partial charge is 0.481 e. The van der Waals surface area contributed by atoms with Crippen LogP contribution in [0.4, 0.5) is 0 Å². The van der Waals surface area contributed by atoms with Crippen LogP contribution in [0.25, 0.3) is 0 Å². The number of carboxylic acid groups (broad SMARTS) is 2. The highest BCUT2D eigenvalue weighted by Gasteiger charge is 2.33. The summed E-state index contributed by atoms with van der Waals surface area (Å²) in [5.74, 6) is -5.94. The summed E-state index contributed by atoms with van der Waals surface area (Å²) < 4.78 is 0. The molecule has 0 unspecified atom stereocenters. The summed E-state index contributed by atoms with van der Waals surface area (Å²) in [6, 6.07) is -5.43. The van der Waals surface area contributed by atoms with Gasteiger partial charge in [-0.2, -0.15) is 0 Å². The Hall–Kier alpha value is -3.30. The van der Waals surface area contributed by atoms with E-state index >= 15 is 0 Å². The Labute approximate surface area is 240 Å². The summed E-state index contributed by atoms with van der Waals surface area (Å²) in [6.45, 7) is 4.57. The van der Waals surface area contributed by atoms with Gasteiger partial charge in [-0.05, 0) is 76.9 Å². The lowest BCUT2D eigenvalue weighted by atomic mass is 10.0. The van der Waals surface area contributed by atoms with Crippen molar-refractivity contribution in [1.29, 1.82) is 0 Å². The van der Waals surface area contributed by atoms with Crippen molar-refractivity contribution in [2.75, 3.05) is 19.6 Å². The maximum Gasteiger partial charge on any atom is 0.326 e. The van der Waals surface area contributed by atoms with E-state index in [-0.39, 0.29) is 18.7 Å². The summed E-state index contributed by atoms with van der Waals surface area (Å²) in [6.07, 6.45) is 3.24. The molecule has 0 saturated carbocycles. The molecule has 0 bridgehead atoms. The second-order valence-corrected chi connectivity index (χ2v) is 10.6. The van der Waals surface area contributed by atoms with Crippen LogP contribution in [0.5, 0.6) is 0 Å². The maximum atomic E-state index is 13.3. The molecule has 1 heterocycles. The van der Waals surface area contributed by atoms with Crippen LogP contribution >= 0.6 is 0 Å². The summed E-state index contributed by atoms with van der Waals surface area (Å²) in [4.78, 5) is 75.1. The van der Waals surface area contributed by atoms with Gasteiger partial charge in [0.05, 0.1) is 12.5 Å². The van der Waals surface area contributed by atoms with Gasteiger partial charge >= 0.3 is 11.9 Å². The first-order chi connectivity index (χ1) is 19.4. The minimum atomic E-state index is -1.59. The Morgan fingerprint density at radius 1 is 0.780 bits per heavy atom. The number of hydrogen-bond donors (Lipinski definition) is 9. The van der Waals surface area contributed by atoms with Crippen molar-refractivity contribution >= 4 is 35.6 Å². The molecule has 1 saturated heterocycles. The number of carbonyl (C=O) groups excluding carboxylic acids is 4. The summed E-state index contributed by atoms with van der Waals surface area (Å²) >= 11 is 0. The Morgan fingerprint density at radius 2 is 1.29 bits per heavy atom. The molecule has 15 heteroatoms. The highest BCUT2D eigenvalue weighted by molar-refractivity contribution is 5.96. The molecule has 41 heavy (non-hydrogen) atoms. The van der Waals surface area contributed by atoms with Gasteiger partial charge in [0.25, 0.3) is 0 Å². The monoisotopic (exact) mass is 585 g/mol. The smallest absolute Gasteiger partial charge is 0.326 e. The van der Waals surface area contributed by atoms with Crippen LogP contribution in [0.1, 0.15) is 71.6 Å². The number of aliphatic carboxylic acids is 2. The van der Waals surface area contributed by atoms with Crippen molar-refractivity contribution in [3.8, 4) is 0 Å². The zero-order valence-corrected chi connectivity index (χ0v) is 23.9. The average Bonchev–Trinajstić information content (AvgIpc) is 3.44. The lowest BCUT2D eigenvalue weighted by Gasteiger charge is -2.26. The van der Waals surface area contributed by atoms with E-state index < -0.39 is 72.2 Å². The number of unbranched alkanes of at least 4 members (excludes halogenated alkanes) is 2. The molecule has 1 aliphatic rings. The zero-order chi connectivity index (χ0) is 30.9. The van der Waals surface area contributed by atoms with E-state index in [1.807, 2.05) is 0 Å². The number of amides is 4. The molecular formula is C26H47N7O8. The summed E-state index contributed by atoms with van der Waals surface area (Å²) in [5, 5.41) is 31.8. The lowest BCUT2D eigenvalue weighted by Crippen LogP contribution is -2.59. The molecule has 1 aliphatic heterocycles. The summed E-state index contributed by atoms with van der Waals surface area (Å²) in [5.41, 5.74) is 11.2. The molecular weight excluding hydrogens is 538 g/mol. The molecule has 0 aromatic heterocycles. The second-order valence-electron chi connectivity index (χ2n) is 10.6. The van der Waals surface area contributed by atoms with Crippen LogP contribution in [-0.4, -0.2) is 95.6 Å². The average molecular weight is 586 g/mol. The minimum absolute atomic E-state index is 0.133. The molecule has 0 aliphatic carbocycles. The zero-order valence-electron chi connectivity index (χ0n) is 23.9.